The predicted molar refractivity (Wildman–Crippen MR) is 415 cm³/mol. The molecule has 5 N–H and O–H groups in total. The fourth-order valence-corrected chi connectivity index (χ4v) is 14.1. The molecule has 0 saturated carbocycles. The van der Waals surface area contributed by atoms with Gasteiger partial charge < -0.3 is 41.0 Å². The van der Waals surface area contributed by atoms with E-state index in [4.69, 9.17) is 15.2 Å². The van der Waals surface area contributed by atoms with Gasteiger partial charge in [-0.3, -0.25) is 14.4 Å². The second kappa shape index (κ2) is 33.1. The molecule has 108 heavy (non-hydrogen) atoms. The molecule has 0 unspecified atom stereocenters. The van der Waals surface area contributed by atoms with Gasteiger partial charge in [0.05, 0.1) is 82.4 Å². The van der Waals surface area contributed by atoms with Gasteiger partial charge in [-0.2, -0.15) is 15.3 Å². The molecule has 0 bridgehead atoms. The Morgan fingerprint density at radius 3 is 1.23 bits per heavy atom. The zero-order chi connectivity index (χ0) is 74.6. The van der Waals surface area contributed by atoms with E-state index in [0.29, 0.717) is 12.1 Å². The number of aromatic nitrogens is 6. The monoisotopic (exact) mass is 1550 g/mol. The maximum absolute atomic E-state index is 13.4. The molecule has 17 rings (SSSR count). The van der Waals surface area contributed by atoms with E-state index >= 15 is 0 Å². The summed E-state index contributed by atoms with van der Waals surface area (Å²) in [7, 11) is 0. The van der Waals surface area contributed by atoms with Gasteiger partial charge in [-0.25, -0.2) is 36.8 Å². The molecule has 11 aromatic carbocycles. The Morgan fingerprint density at radius 1 is 0.426 bits per heavy atom. The number of fused-ring (bicyclic) bond motifs is 3. The third-order valence-corrected chi connectivity index (χ3v) is 19.4. The van der Waals surface area contributed by atoms with Gasteiger partial charge in [0.2, 0.25) is 17.7 Å². The first-order valence-corrected chi connectivity index (χ1v) is 35.9. The zero-order valence-corrected chi connectivity index (χ0v) is 60.0. The highest BCUT2D eigenvalue weighted by atomic mass is 127. The Balaban J connectivity index is 0.000000126. The third-order valence-electron chi connectivity index (χ3n) is 18.7. The number of rotatable bonds is 14. The van der Waals surface area contributed by atoms with Crippen LogP contribution in [0.1, 0.15) is 65.2 Å². The van der Waals surface area contributed by atoms with E-state index in [1.54, 1.807) is 68.0 Å². The van der Waals surface area contributed by atoms with Crippen LogP contribution < -0.4 is 31.5 Å². The van der Waals surface area contributed by atoms with Crippen molar-refractivity contribution in [3.05, 3.63) is 346 Å². The first-order valence-electron chi connectivity index (χ1n) is 34.8. The highest BCUT2D eigenvalue weighted by molar-refractivity contribution is 14.1. The van der Waals surface area contributed by atoms with Crippen LogP contribution >= 0.6 is 22.6 Å². The molecule has 0 aliphatic carbocycles. The Morgan fingerprint density at radius 2 is 0.787 bits per heavy atom. The van der Waals surface area contributed by atoms with Crippen LogP contribution in [0.15, 0.2) is 298 Å². The highest BCUT2D eigenvalue weighted by Crippen LogP contribution is 2.41. The molecule has 23 heteroatoms. The van der Waals surface area contributed by atoms with E-state index in [1.165, 1.54) is 40.0 Å². The number of nitrogens with one attached hydrogen (secondary N) is 3. The smallest absolute Gasteiger partial charge is 0.407 e. The second-order valence-electron chi connectivity index (χ2n) is 25.9. The molecule has 3 fully saturated rings. The Kier molecular flexibility index (Phi) is 22.2. The fourth-order valence-electron chi connectivity index (χ4n) is 13.6. The lowest BCUT2D eigenvalue weighted by Gasteiger charge is -2.29. The van der Waals surface area contributed by atoms with Gasteiger partial charge in [0, 0.05) is 56.4 Å². The molecule has 19 nitrogen and oxygen atoms in total. The van der Waals surface area contributed by atoms with Crippen LogP contribution in [0.5, 0.6) is 0 Å². The number of anilines is 2. The summed E-state index contributed by atoms with van der Waals surface area (Å²) in [6, 6.07) is 82.3. The van der Waals surface area contributed by atoms with Gasteiger partial charge in [0.15, 0.2) is 0 Å². The number of carbonyl (C=O) groups is 5. The number of ether oxygens (including phenoxy) is 2. The minimum Gasteiger partial charge on any atom is -0.445 e. The summed E-state index contributed by atoms with van der Waals surface area (Å²) >= 11 is 2.27. The number of nitrogens with two attached hydrogens (primary N) is 1. The molecule has 3 aliphatic heterocycles. The van der Waals surface area contributed by atoms with Crippen LogP contribution in [-0.4, -0.2) is 77.4 Å². The molecule has 5 amide bonds. The van der Waals surface area contributed by atoms with E-state index in [0.717, 1.165) is 83.3 Å². The maximum Gasteiger partial charge on any atom is 0.407 e. The standard InChI is InChI=1S/C31H25FN4O3.C23H19FN4O.C18H18N2O3.C13H8FIN2/c32-24-11-13-25(14-12-24)36-28-16-15-26(17-23(28)19-33-36)35-29(37)18-27(30(35)22-9-5-2-6-10-22)34-31(38)39-20-21-7-3-1-4-8-21;24-17-6-8-18(9-7-17)28-21-11-10-19(12-16(21)14-26-28)27-22(29)13-20(25)23(27)15-4-2-1-3-5-15;21-16-11-15(17(20-16)14-9-5-2-6-10-14)19-18(22)23-12-13-7-3-1-4-8-13;14-10-1-4-12(5-2-10)17-13-6-3-11(15)7-9(13)8-16-17/h1-17,19,27,30H,18,20H2,(H,34,38);1-12,14,20,23H,13,25H2;1-10,15,17H,11-12H2,(H,19,22)(H,20,21);1-8H/t27-,30+;20-,23+;15-,17+;/m000./s1. The first-order chi connectivity index (χ1) is 52.6. The predicted octanol–water partition coefficient (Wildman–Crippen LogP) is 16.2. The van der Waals surface area contributed by atoms with Crippen molar-refractivity contribution in [2.45, 2.75) is 68.7 Å². The number of hydrogen-bond acceptors (Lipinski definition) is 11. The normalized spacial score (nSPS) is 17.2. The molecule has 3 aromatic heterocycles. The average molecular weight is 1560 g/mol. The van der Waals surface area contributed by atoms with Crippen LogP contribution in [0.4, 0.5) is 34.1 Å². The molecule has 6 heterocycles. The average Bonchev–Trinajstić information content (AvgIpc) is 1.61. The van der Waals surface area contributed by atoms with Crippen molar-refractivity contribution in [3.8, 4) is 17.1 Å². The summed E-state index contributed by atoms with van der Waals surface area (Å²) in [5, 5.41) is 24.7. The lowest BCUT2D eigenvalue weighted by atomic mass is 9.99. The largest absolute Gasteiger partial charge is 0.445 e. The molecule has 540 valence electrons. The van der Waals surface area contributed by atoms with Gasteiger partial charge in [0.25, 0.3) is 0 Å². The summed E-state index contributed by atoms with van der Waals surface area (Å²) in [6.07, 6.45) is 4.89. The van der Waals surface area contributed by atoms with Crippen molar-refractivity contribution in [3.63, 3.8) is 0 Å². The van der Waals surface area contributed by atoms with Crippen molar-refractivity contribution in [1.29, 1.82) is 0 Å². The van der Waals surface area contributed by atoms with Crippen molar-refractivity contribution in [2.24, 2.45) is 5.73 Å². The summed E-state index contributed by atoms with van der Waals surface area (Å²) in [5.74, 6) is -1.02. The van der Waals surface area contributed by atoms with Crippen molar-refractivity contribution >= 4 is 96.6 Å². The maximum atomic E-state index is 13.4. The van der Waals surface area contributed by atoms with Crippen molar-refractivity contribution < 1.29 is 46.6 Å². The molecule has 3 aliphatic rings. The molecule has 14 aromatic rings. The van der Waals surface area contributed by atoms with Crippen LogP contribution in [0.2, 0.25) is 0 Å². The van der Waals surface area contributed by atoms with E-state index in [1.807, 2.05) is 211 Å². The zero-order valence-electron chi connectivity index (χ0n) is 57.8. The van der Waals surface area contributed by atoms with E-state index in [-0.39, 0.29) is 85.4 Å². The number of halogens is 4. The topological polar surface area (TPSA) is 226 Å². The number of carbonyl (C=O) groups excluding carboxylic acids is 5. The lowest BCUT2D eigenvalue weighted by molar-refractivity contribution is -0.119. The number of hydrogen-bond donors (Lipinski definition) is 4. The van der Waals surface area contributed by atoms with Gasteiger partial charge in [-0.1, -0.05) is 152 Å². The summed E-state index contributed by atoms with van der Waals surface area (Å²) in [4.78, 5) is 66.1. The number of benzene rings is 11. The van der Waals surface area contributed by atoms with Gasteiger partial charge in [0.1, 0.15) is 30.7 Å². The minimum atomic E-state index is -0.574. The van der Waals surface area contributed by atoms with Crippen LogP contribution in [0, 0.1) is 21.0 Å². The molecular formula is C85H70F3IN12O7. The number of alkyl carbamates (subject to hydrolysis) is 2. The SMILES string of the molecule is Fc1ccc(-n2ncc3cc(I)ccc32)cc1.N[C@H]1CC(=O)N(c2ccc3c(cnn3-c3ccc(F)cc3)c2)[C@@H]1c1ccccc1.O=C(N[C@H]1CC(=O)N(c2ccc3c(cnn3-c3ccc(F)cc3)c2)[C@@H]1c1ccccc1)OCc1ccccc1.O=C1C[C@H](NC(=O)OCc2ccccc2)[C@@H](c2ccccc2)N1. The second-order valence-corrected chi connectivity index (χ2v) is 27.1. The van der Waals surface area contributed by atoms with Gasteiger partial charge in [-0.15, -0.1) is 0 Å². The Labute approximate surface area is 632 Å². The molecule has 3 saturated heterocycles. The quantitative estimate of drug-likeness (QED) is 0.0749. The van der Waals surface area contributed by atoms with E-state index in [9.17, 15) is 37.1 Å². The molecular weight excluding hydrogens is 1480 g/mol. The number of amides is 5. The van der Waals surface area contributed by atoms with Crippen LogP contribution in [0.25, 0.3) is 49.8 Å². The van der Waals surface area contributed by atoms with Crippen molar-refractivity contribution in [2.75, 3.05) is 9.80 Å². The first kappa shape index (κ1) is 72.2. The van der Waals surface area contributed by atoms with E-state index < -0.39 is 24.3 Å². The van der Waals surface area contributed by atoms with Crippen LogP contribution in [0.3, 0.4) is 0 Å². The summed E-state index contributed by atoms with van der Waals surface area (Å²) in [5.41, 5.74) is 17.6. The Bertz CT molecular complexity index is 5480. The summed E-state index contributed by atoms with van der Waals surface area (Å²) in [6.45, 7) is 0.346. The number of nitrogens with zero attached hydrogens (tertiary/aromatic N) is 8. The molecule has 0 spiro atoms. The molecule has 6 atom stereocenters. The van der Waals surface area contributed by atoms with Crippen molar-refractivity contribution in [1.82, 2.24) is 45.3 Å². The van der Waals surface area contributed by atoms with Gasteiger partial charge >= 0.3 is 12.2 Å². The van der Waals surface area contributed by atoms with Crippen LogP contribution in [-0.2, 0) is 37.1 Å². The third kappa shape index (κ3) is 16.8. The minimum absolute atomic E-state index is 0.0108. The lowest BCUT2D eigenvalue weighted by Crippen LogP contribution is -2.40. The van der Waals surface area contributed by atoms with E-state index in [2.05, 4.69) is 59.9 Å². The van der Waals surface area contributed by atoms with Gasteiger partial charge in [-0.05, 0) is 178 Å². The molecule has 0 radical (unpaired) electrons. The summed E-state index contributed by atoms with van der Waals surface area (Å²) < 4.78 is 56.6. The fraction of sp³-hybridized carbons (Fsp3) is 0.129. The Hall–Kier alpha value is -12.7. The highest BCUT2D eigenvalue weighted by Gasteiger charge is 2.43.